The molecular formula is C16H24N2O. The van der Waals surface area contributed by atoms with E-state index >= 15 is 0 Å². The topological polar surface area (TPSA) is 41.1 Å². The lowest BCUT2D eigenvalue weighted by Crippen LogP contribution is -2.40. The van der Waals surface area contributed by atoms with E-state index in [1.807, 2.05) is 12.1 Å². The van der Waals surface area contributed by atoms with Gasteiger partial charge in [-0.25, -0.2) is 0 Å². The van der Waals surface area contributed by atoms with Crippen LogP contribution >= 0.6 is 0 Å². The van der Waals surface area contributed by atoms with Gasteiger partial charge in [-0.05, 0) is 49.8 Å². The summed E-state index contributed by atoms with van der Waals surface area (Å²) in [6.07, 6.45) is 4.41. The van der Waals surface area contributed by atoms with Crippen molar-refractivity contribution >= 4 is 11.6 Å². The fraction of sp³-hybridized carbons (Fsp3) is 0.562. The summed E-state index contributed by atoms with van der Waals surface area (Å²) >= 11 is 0. The summed E-state index contributed by atoms with van der Waals surface area (Å²) in [6.45, 7) is 6.02. The molecular weight excluding hydrogens is 236 g/mol. The second-order valence-electron chi connectivity index (χ2n) is 5.54. The van der Waals surface area contributed by atoms with Crippen LogP contribution in [0, 0.1) is 0 Å². The number of carbonyl (C=O) groups is 1. The summed E-state index contributed by atoms with van der Waals surface area (Å²) in [4.78, 5) is 11.2. The molecule has 1 amide bonds. The zero-order chi connectivity index (χ0) is 13.8. The maximum absolute atomic E-state index is 11.2. The van der Waals surface area contributed by atoms with Crippen LogP contribution in [-0.2, 0) is 17.6 Å². The Kier molecular flexibility index (Phi) is 4.59. The van der Waals surface area contributed by atoms with E-state index in [-0.39, 0.29) is 5.91 Å². The van der Waals surface area contributed by atoms with Crippen LogP contribution in [0.1, 0.15) is 44.7 Å². The van der Waals surface area contributed by atoms with Crippen molar-refractivity contribution in [3.05, 3.63) is 29.3 Å². The summed E-state index contributed by atoms with van der Waals surface area (Å²) < 4.78 is 0. The number of nitrogens with one attached hydrogen (secondary N) is 2. The third-order valence-electron chi connectivity index (χ3n) is 3.93. The summed E-state index contributed by atoms with van der Waals surface area (Å²) in [7, 11) is 0. The summed E-state index contributed by atoms with van der Waals surface area (Å²) in [5.74, 6) is 0.00764. The van der Waals surface area contributed by atoms with Crippen LogP contribution in [0.4, 0.5) is 5.69 Å². The first-order valence-electron chi connectivity index (χ1n) is 7.24. The van der Waals surface area contributed by atoms with Gasteiger partial charge in [-0.2, -0.15) is 0 Å². The highest BCUT2D eigenvalue weighted by Crippen LogP contribution is 2.28. The van der Waals surface area contributed by atoms with Gasteiger partial charge in [-0.3, -0.25) is 4.79 Å². The number of amides is 1. The molecule has 2 rings (SSSR count). The van der Waals surface area contributed by atoms with Crippen LogP contribution in [0.2, 0.25) is 0 Å². The molecule has 0 saturated heterocycles. The second-order valence-corrected chi connectivity index (χ2v) is 5.54. The summed E-state index contributed by atoms with van der Waals surface area (Å²) in [5.41, 5.74) is 3.69. The van der Waals surface area contributed by atoms with Gasteiger partial charge in [0.1, 0.15) is 0 Å². The smallest absolute Gasteiger partial charge is 0.221 e. The van der Waals surface area contributed by atoms with E-state index in [2.05, 4.69) is 30.5 Å². The van der Waals surface area contributed by atoms with Gasteiger partial charge in [-0.15, -0.1) is 0 Å². The van der Waals surface area contributed by atoms with Gasteiger partial charge in [0.25, 0.3) is 0 Å². The minimum atomic E-state index is 0.00764. The van der Waals surface area contributed by atoms with Gasteiger partial charge >= 0.3 is 0 Å². The third kappa shape index (κ3) is 3.57. The van der Waals surface area contributed by atoms with Gasteiger partial charge in [0.2, 0.25) is 5.91 Å². The molecule has 3 nitrogen and oxygen atoms in total. The van der Waals surface area contributed by atoms with Crippen molar-refractivity contribution in [2.24, 2.45) is 0 Å². The van der Waals surface area contributed by atoms with Gasteiger partial charge < -0.3 is 10.6 Å². The average Bonchev–Trinajstić information content (AvgIpc) is 2.38. The molecule has 0 aliphatic heterocycles. The molecule has 0 bridgehead atoms. The lowest BCUT2D eigenvalue weighted by Gasteiger charge is -2.29. The van der Waals surface area contributed by atoms with E-state index in [1.165, 1.54) is 11.1 Å². The van der Waals surface area contributed by atoms with Crippen molar-refractivity contribution in [2.75, 3.05) is 5.32 Å². The molecule has 0 saturated carbocycles. The molecule has 1 aromatic carbocycles. The van der Waals surface area contributed by atoms with E-state index in [4.69, 9.17) is 0 Å². The number of hydrogen-bond donors (Lipinski definition) is 2. The minimum Gasteiger partial charge on any atom is -0.326 e. The monoisotopic (exact) mass is 260 g/mol. The molecule has 2 unspecified atom stereocenters. The van der Waals surface area contributed by atoms with Crippen LogP contribution in [0.5, 0.6) is 0 Å². The van der Waals surface area contributed by atoms with E-state index in [9.17, 15) is 4.79 Å². The Morgan fingerprint density at radius 3 is 2.95 bits per heavy atom. The minimum absolute atomic E-state index is 0.00764. The number of hydrogen-bond acceptors (Lipinski definition) is 2. The molecule has 19 heavy (non-hydrogen) atoms. The van der Waals surface area contributed by atoms with Crippen LogP contribution in [0.25, 0.3) is 0 Å². The van der Waals surface area contributed by atoms with E-state index in [0.29, 0.717) is 12.1 Å². The quantitative estimate of drug-likeness (QED) is 0.874. The Labute approximate surface area is 115 Å². The third-order valence-corrected chi connectivity index (χ3v) is 3.93. The molecule has 3 heteroatoms. The molecule has 0 heterocycles. The molecule has 0 fully saturated rings. The van der Waals surface area contributed by atoms with Gasteiger partial charge in [0, 0.05) is 24.7 Å². The second kappa shape index (κ2) is 6.20. The summed E-state index contributed by atoms with van der Waals surface area (Å²) in [6, 6.07) is 7.36. The van der Waals surface area contributed by atoms with Crippen molar-refractivity contribution in [2.45, 2.75) is 58.5 Å². The number of anilines is 1. The molecule has 1 aliphatic rings. The van der Waals surface area contributed by atoms with Crippen LogP contribution in [0.15, 0.2) is 18.2 Å². The van der Waals surface area contributed by atoms with Crippen molar-refractivity contribution in [1.82, 2.24) is 5.32 Å². The molecule has 1 aromatic rings. The molecule has 1 aliphatic carbocycles. The molecule has 0 radical (unpaired) electrons. The Morgan fingerprint density at radius 1 is 1.47 bits per heavy atom. The van der Waals surface area contributed by atoms with Crippen LogP contribution < -0.4 is 10.6 Å². The lowest BCUT2D eigenvalue weighted by molar-refractivity contribution is -0.114. The molecule has 0 spiro atoms. The zero-order valence-electron chi connectivity index (χ0n) is 12.1. The first kappa shape index (κ1) is 14.1. The number of rotatable bonds is 4. The van der Waals surface area contributed by atoms with Gasteiger partial charge in [-0.1, -0.05) is 19.1 Å². The van der Waals surface area contributed by atoms with E-state index in [1.54, 1.807) is 6.92 Å². The summed E-state index contributed by atoms with van der Waals surface area (Å²) in [5, 5.41) is 6.62. The fourth-order valence-corrected chi connectivity index (χ4v) is 2.78. The van der Waals surface area contributed by atoms with Gasteiger partial charge in [0.05, 0.1) is 0 Å². The first-order chi connectivity index (χ1) is 9.10. The van der Waals surface area contributed by atoms with E-state index < -0.39 is 0 Å². The SMILES string of the molecule is CCC(C)NC1CCc2c(cccc2NC(C)=O)C1. The Morgan fingerprint density at radius 2 is 2.26 bits per heavy atom. The molecule has 2 atom stereocenters. The maximum atomic E-state index is 11.2. The maximum Gasteiger partial charge on any atom is 0.221 e. The number of benzene rings is 1. The van der Waals surface area contributed by atoms with Crippen LogP contribution in [-0.4, -0.2) is 18.0 Å². The average molecular weight is 260 g/mol. The highest BCUT2D eigenvalue weighted by atomic mass is 16.1. The Hall–Kier alpha value is -1.35. The Balaban J connectivity index is 2.11. The van der Waals surface area contributed by atoms with Crippen molar-refractivity contribution < 1.29 is 4.79 Å². The molecule has 0 aromatic heterocycles. The predicted octanol–water partition coefficient (Wildman–Crippen LogP) is 2.89. The first-order valence-corrected chi connectivity index (χ1v) is 7.24. The van der Waals surface area contributed by atoms with Crippen molar-refractivity contribution in [3.63, 3.8) is 0 Å². The molecule has 104 valence electrons. The Bertz CT molecular complexity index is 456. The predicted molar refractivity (Wildman–Crippen MR) is 79.4 cm³/mol. The highest BCUT2D eigenvalue weighted by molar-refractivity contribution is 5.89. The number of fused-ring (bicyclic) bond motifs is 1. The van der Waals surface area contributed by atoms with E-state index in [0.717, 1.165) is 31.4 Å². The van der Waals surface area contributed by atoms with Crippen molar-refractivity contribution in [1.29, 1.82) is 0 Å². The lowest BCUT2D eigenvalue weighted by atomic mass is 9.86. The standard InChI is InChI=1S/C16H24N2O/c1-4-11(2)17-14-8-9-15-13(10-14)6-5-7-16(15)18-12(3)19/h5-7,11,14,17H,4,8-10H2,1-3H3,(H,18,19). The number of carbonyl (C=O) groups excluding carboxylic acids is 1. The fourth-order valence-electron chi connectivity index (χ4n) is 2.78. The van der Waals surface area contributed by atoms with Crippen molar-refractivity contribution in [3.8, 4) is 0 Å². The largest absolute Gasteiger partial charge is 0.326 e. The van der Waals surface area contributed by atoms with Crippen LogP contribution in [0.3, 0.4) is 0 Å². The van der Waals surface area contributed by atoms with Gasteiger partial charge in [0.15, 0.2) is 0 Å². The molecule has 2 N–H and O–H groups in total. The zero-order valence-corrected chi connectivity index (χ0v) is 12.1. The highest BCUT2D eigenvalue weighted by Gasteiger charge is 2.21. The normalized spacial score (nSPS) is 19.6.